The van der Waals surface area contributed by atoms with Gasteiger partial charge in [-0.1, -0.05) is 24.3 Å². The van der Waals surface area contributed by atoms with Gasteiger partial charge in [0, 0.05) is 42.8 Å². The number of hydrogen-bond acceptors (Lipinski definition) is 5. The highest BCUT2D eigenvalue weighted by Gasteiger charge is 2.23. The van der Waals surface area contributed by atoms with Gasteiger partial charge in [-0.3, -0.25) is 4.98 Å². The third-order valence-electron chi connectivity index (χ3n) is 5.25. The Bertz CT molecular complexity index is 895. The summed E-state index contributed by atoms with van der Waals surface area (Å²) in [6.45, 7) is 7.21. The van der Waals surface area contributed by atoms with E-state index in [1.807, 2.05) is 25.1 Å². The number of aryl methyl sites for hydroxylation is 1. The molecule has 4 rings (SSSR count). The van der Waals surface area contributed by atoms with E-state index in [2.05, 4.69) is 57.4 Å². The Morgan fingerprint density at radius 2 is 1.85 bits per heavy atom. The van der Waals surface area contributed by atoms with Crippen molar-refractivity contribution in [1.29, 1.82) is 0 Å². The Hall–Kier alpha value is -2.95. The molecule has 5 heteroatoms. The average Bonchev–Trinajstić information content (AvgIpc) is 3.19. The van der Waals surface area contributed by atoms with Crippen molar-refractivity contribution in [3.63, 3.8) is 0 Å². The lowest BCUT2D eigenvalue weighted by atomic mass is 10.1. The third kappa shape index (κ3) is 3.92. The summed E-state index contributed by atoms with van der Waals surface area (Å²) in [6.07, 6.45) is 2.97. The molecule has 1 N–H and O–H groups in total. The van der Waals surface area contributed by atoms with Gasteiger partial charge in [-0.25, -0.2) is 9.97 Å². The maximum atomic E-state index is 4.74. The van der Waals surface area contributed by atoms with Crippen molar-refractivity contribution in [2.45, 2.75) is 20.3 Å². The van der Waals surface area contributed by atoms with Crippen LogP contribution in [0, 0.1) is 19.8 Å². The van der Waals surface area contributed by atoms with E-state index in [1.165, 1.54) is 12.1 Å². The van der Waals surface area contributed by atoms with Crippen LogP contribution in [-0.2, 0) is 0 Å². The zero-order chi connectivity index (χ0) is 18.6. The standard InChI is InChI=1S/C22H25N5/c1-16-17(2)25-22(20-10-6-7-12-23-20)26-21(16)24-14-18-11-13-27(15-18)19-8-4-3-5-9-19/h3-10,12,18H,11,13-15H2,1-2H3,(H,24,25,26). The summed E-state index contributed by atoms with van der Waals surface area (Å²) in [7, 11) is 0. The molecule has 3 aromatic rings. The molecule has 1 aliphatic rings. The molecule has 1 atom stereocenters. The van der Waals surface area contributed by atoms with Crippen LogP contribution < -0.4 is 10.2 Å². The Morgan fingerprint density at radius 3 is 2.63 bits per heavy atom. The van der Waals surface area contributed by atoms with Crippen LogP contribution in [0.5, 0.6) is 0 Å². The molecule has 1 unspecified atom stereocenters. The smallest absolute Gasteiger partial charge is 0.180 e. The molecule has 1 aromatic carbocycles. The molecule has 27 heavy (non-hydrogen) atoms. The van der Waals surface area contributed by atoms with Gasteiger partial charge in [-0.05, 0) is 50.5 Å². The van der Waals surface area contributed by atoms with E-state index in [4.69, 9.17) is 4.98 Å². The monoisotopic (exact) mass is 359 g/mol. The first-order valence-electron chi connectivity index (χ1n) is 9.51. The molecule has 1 fully saturated rings. The number of benzene rings is 1. The Labute approximate surface area is 160 Å². The third-order valence-corrected chi connectivity index (χ3v) is 5.25. The summed E-state index contributed by atoms with van der Waals surface area (Å²) in [5.41, 5.74) is 4.21. The molecule has 5 nitrogen and oxygen atoms in total. The molecule has 0 bridgehead atoms. The fourth-order valence-corrected chi connectivity index (χ4v) is 3.52. The number of nitrogens with zero attached hydrogens (tertiary/aromatic N) is 4. The number of pyridine rings is 1. The number of anilines is 2. The second kappa shape index (κ2) is 7.74. The first-order valence-corrected chi connectivity index (χ1v) is 9.51. The summed E-state index contributed by atoms with van der Waals surface area (Å²) in [5, 5.41) is 3.57. The molecule has 0 amide bonds. The average molecular weight is 359 g/mol. The molecule has 0 saturated carbocycles. The van der Waals surface area contributed by atoms with E-state index >= 15 is 0 Å². The van der Waals surface area contributed by atoms with E-state index in [0.717, 1.165) is 42.4 Å². The summed E-state index contributed by atoms with van der Waals surface area (Å²) >= 11 is 0. The lowest BCUT2D eigenvalue weighted by molar-refractivity contribution is 0.621. The minimum absolute atomic E-state index is 0.609. The lowest BCUT2D eigenvalue weighted by Gasteiger charge is -2.19. The van der Waals surface area contributed by atoms with Gasteiger partial charge in [-0.15, -0.1) is 0 Å². The fraction of sp³-hybridized carbons (Fsp3) is 0.318. The molecule has 3 heterocycles. The molecule has 0 aliphatic carbocycles. The summed E-state index contributed by atoms with van der Waals surface area (Å²) in [4.78, 5) is 16.2. The Balaban J connectivity index is 1.45. The minimum atomic E-state index is 0.609. The quantitative estimate of drug-likeness (QED) is 0.743. The maximum absolute atomic E-state index is 4.74. The highest BCUT2D eigenvalue weighted by atomic mass is 15.2. The van der Waals surface area contributed by atoms with Gasteiger partial charge in [0.05, 0.1) is 0 Å². The number of nitrogens with one attached hydrogen (secondary N) is 1. The fourth-order valence-electron chi connectivity index (χ4n) is 3.52. The number of aromatic nitrogens is 3. The van der Waals surface area contributed by atoms with Crippen LogP contribution in [0.1, 0.15) is 17.7 Å². The van der Waals surface area contributed by atoms with Crippen molar-refractivity contribution in [2.24, 2.45) is 5.92 Å². The van der Waals surface area contributed by atoms with Crippen LogP contribution in [0.2, 0.25) is 0 Å². The summed E-state index contributed by atoms with van der Waals surface area (Å²) in [5.74, 6) is 2.21. The van der Waals surface area contributed by atoms with E-state index < -0.39 is 0 Å². The lowest BCUT2D eigenvalue weighted by Crippen LogP contribution is -2.23. The molecule has 0 radical (unpaired) electrons. The van der Waals surface area contributed by atoms with Gasteiger partial charge in [0.1, 0.15) is 11.5 Å². The zero-order valence-electron chi connectivity index (χ0n) is 15.9. The molecule has 2 aromatic heterocycles. The largest absolute Gasteiger partial charge is 0.371 e. The van der Waals surface area contributed by atoms with E-state index in [9.17, 15) is 0 Å². The van der Waals surface area contributed by atoms with E-state index in [-0.39, 0.29) is 0 Å². The van der Waals surface area contributed by atoms with Gasteiger partial charge >= 0.3 is 0 Å². The number of rotatable bonds is 5. The molecular weight excluding hydrogens is 334 g/mol. The van der Waals surface area contributed by atoms with Crippen molar-refractivity contribution in [1.82, 2.24) is 15.0 Å². The van der Waals surface area contributed by atoms with Crippen LogP contribution in [0.25, 0.3) is 11.5 Å². The van der Waals surface area contributed by atoms with E-state index in [1.54, 1.807) is 6.20 Å². The molecule has 1 aliphatic heterocycles. The van der Waals surface area contributed by atoms with Gasteiger partial charge < -0.3 is 10.2 Å². The summed E-state index contributed by atoms with van der Waals surface area (Å²) in [6, 6.07) is 16.5. The van der Waals surface area contributed by atoms with Crippen molar-refractivity contribution in [3.05, 3.63) is 66.0 Å². The van der Waals surface area contributed by atoms with Crippen molar-refractivity contribution in [3.8, 4) is 11.5 Å². The summed E-state index contributed by atoms with van der Waals surface area (Å²) < 4.78 is 0. The van der Waals surface area contributed by atoms with Crippen LogP contribution in [0.15, 0.2) is 54.7 Å². The second-order valence-corrected chi connectivity index (χ2v) is 7.14. The van der Waals surface area contributed by atoms with Crippen LogP contribution >= 0.6 is 0 Å². The molecular formula is C22H25N5. The second-order valence-electron chi connectivity index (χ2n) is 7.14. The predicted octanol–water partition coefficient (Wildman–Crippen LogP) is 4.09. The molecule has 0 spiro atoms. The Morgan fingerprint density at radius 1 is 1.04 bits per heavy atom. The predicted molar refractivity (Wildman–Crippen MR) is 110 cm³/mol. The molecule has 138 valence electrons. The van der Waals surface area contributed by atoms with Crippen molar-refractivity contribution < 1.29 is 0 Å². The minimum Gasteiger partial charge on any atom is -0.371 e. The SMILES string of the molecule is Cc1nc(-c2ccccn2)nc(NCC2CCN(c3ccccc3)C2)c1C. The number of para-hydroxylation sites is 1. The van der Waals surface area contributed by atoms with Gasteiger partial charge in [0.25, 0.3) is 0 Å². The van der Waals surface area contributed by atoms with Gasteiger partial charge in [0.15, 0.2) is 5.82 Å². The van der Waals surface area contributed by atoms with Crippen LogP contribution in [0.4, 0.5) is 11.5 Å². The normalized spacial score (nSPS) is 16.5. The Kier molecular flexibility index (Phi) is 5.01. The number of hydrogen-bond donors (Lipinski definition) is 1. The topological polar surface area (TPSA) is 53.9 Å². The van der Waals surface area contributed by atoms with Crippen molar-refractivity contribution in [2.75, 3.05) is 29.9 Å². The van der Waals surface area contributed by atoms with Gasteiger partial charge in [0.2, 0.25) is 0 Å². The van der Waals surface area contributed by atoms with Crippen LogP contribution in [0.3, 0.4) is 0 Å². The van der Waals surface area contributed by atoms with E-state index in [0.29, 0.717) is 11.7 Å². The van der Waals surface area contributed by atoms with Crippen molar-refractivity contribution >= 4 is 11.5 Å². The van der Waals surface area contributed by atoms with Crippen LogP contribution in [-0.4, -0.2) is 34.6 Å². The highest BCUT2D eigenvalue weighted by molar-refractivity contribution is 5.56. The maximum Gasteiger partial charge on any atom is 0.180 e. The van der Waals surface area contributed by atoms with Gasteiger partial charge in [-0.2, -0.15) is 0 Å². The highest BCUT2D eigenvalue weighted by Crippen LogP contribution is 2.25. The zero-order valence-corrected chi connectivity index (χ0v) is 15.9. The first kappa shape index (κ1) is 17.5. The first-order chi connectivity index (χ1) is 13.2. The molecule has 1 saturated heterocycles.